The van der Waals surface area contributed by atoms with Crippen molar-refractivity contribution in [2.24, 2.45) is 5.92 Å². The number of aromatic carboxylic acids is 1. The van der Waals surface area contributed by atoms with E-state index in [2.05, 4.69) is 22.2 Å². The number of fused-ring (bicyclic) bond motifs is 3. The summed E-state index contributed by atoms with van der Waals surface area (Å²) in [7, 11) is -3.97. The van der Waals surface area contributed by atoms with Crippen LogP contribution < -0.4 is 10.0 Å². The normalized spacial score (nSPS) is 21.1. The molecule has 3 aromatic carbocycles. The topological polar surface area (TPSA) is 95.5 Å². The van der Waals surface area contributed by atoms with Crippen LogP contribution in [-0.4, -0.2) is 19.5 Å². The number of allylic oxidation sites excluding steroid dienone is 2. The molecule has 0 aromatic heterocycles. The molecule has 0 unspecified atom stereocenters. The van der Waals surface area contributed by atoms with Crippen LogP contribution >= 0.6 is 0 Å². The lowest BCUT2D eigenvalue weighted by molar-refractivity contribution is 0.0697. The summed E-state index contributed by atoms with van der Waals surface area (Å²) in [6.45, 7) is 0. The third kappa shape index (κ3) is 3.87. The summed E-state index contributed by atoms with van der Waals surface area (Å²) in [5.41, 5.74) is 2.79. The fourth-order valence-corrected chi connectivity index (χ4v) is 5.75. The average molecular weight is 465 g/mol. The largest absolute Gasteiger partial charge is 0.478 e. The third-order valence-corrected chi connectivity index (χ3v) is 7.64. The van der Waals surface area contributed by atoms with Gasteiger partial charge in [-0.15, -0.1) is 0 Å². The fourth-order valence-electron chi connectivity index (χ4n) is 4.65. The zero-order valence-corrected chi connectivity index (χ0v) is 18.2. The predicted molar refractivity (Wildman–Crippen MR) is 123 cm³/mol. The van der Waals surface area contributed by atoms with E-state index in [9.17, 15) is 17.6 Å². The maximum atomic E-state index is 14.0. The number of para-hydroxylation sites is 1. The molecule has 2 aliphatic rings. The van der Waals surface area contributed by atoms with E-state index in [1.807, 2.05) is 12.1 Å². The molecular formula is C25H21FN2O4S. The number of carboxylic acid groups (broad SMARTS) is 1. The van der Waals surface area contributed by atoms with Gasteiger partial charge in [0, 0.05) is 11.6 Å². The van der Waals surface area contributed by atoms with Crippen molar-refractivity contribution in [1.29, 1.82) is 0 Å². The van der Waals surface area contributed by atoms with Crippen molar-refractivity contribution < 1.29 is 22.7 Å². The number of nitrogens with one attached hydrogen (secondary N) is 2. The number of carboxylic acids is 1. The summed E-state index contributed by atoms with van der Waals surface area (Å²) in [4.78, 5) is 11.2. The fraction of sp³-hybridized carbons (Fsp3) is 0.160. The standard InChI is InChI=1S/C25H21FN2O4S/c26-21-6-1-2-7-23(21)28-33(31,32)17-12-13-22-20(14-17)18-4-3-5-19(18)24(27-22)15-8-10-16(11-9-15)25(29)30/h1-4,6-14,18-19,24,27-28H,5H2,(H,29,30)/t18-,19+,24+/m0/s1. The maximum absolute atomic E-state index is 14.0. The number of hydrogen-bond acceptors (Lipinski definition) is 4. The summed E-state index contributed by atoms with van der Waals surface area (Å²) in [5, 5.41) is 12.7. The Morgan fingerprint density at radius 2 is 1.82 bits per heavy atom. The van der Waals surface area contributed by atoms with Crippen molar-refractivity contribution in [2.45, 2.75) is 23.3 Å². The summed E-state index contributed by atoms with van der Waals surface area (Å²) in [5.74, 6) is -1.45. The first-order chi connectivity index (χ1) is 15.8. The first-order valence-corrected chi connectivity index (χ1v) is 12.0. The number of benzene rings is 3. The Labute approximate surface area is 190 Å². The molecule has 0 saturated carbocycles. The minimum Gasteiger partial charge on any atom is -0.478 e. The Hall–Kier alpha value is -3.65. The Morgan fingerprint density at radius 3 is 2.55 bits per heavy atom. The predicted octanol–water partition coefficient (Wildman–Crippen LogP) is 5.15. The average Bonchev–Trinajstić information content (AvgIpc) is 3.30. The van der Waals surface area contributed by atoms with Crippen LogP contribution in [0.4, 0.5) is 15.8 Å². The van der Waals surface area contributed by atoms with Gasteiger partial charge in [-0.2, -0.15) is 0 Å². The number of sulfonamides is 1. The van der Waals surface area contributed by atoms with E-state index in [0.29, 0.717) is 0 Å². The van der Waals surface area contributed by atoms with E-state index in [-0.39, 0.29) is 34.0 Å². The van der Waals surface area contributed by atoms with Crippen LogP contribution in [0, 0.1) is 11.7 Å². The molecule has 5 rings (SSSR count). The van der Waals surface area contributed by atoms with Crippen molar-refractivity contribution in [3.63, 3.8) is 0 Å². The monoisotopic (exact) mass is 464 g/mol. The summed E-state index contributed by atoms with van der Waals surface area (Å²) >= 11 is 0. The molecule has 3 atom stereocenters. The summed E-state index contributed by atoms with van der Waals surface area (Å²) < 4.78 is 42.2. The molecule has 3 N–H and O–H groups in total. The van der Waals surface area contributed by atoms with Crippen LogP contribution in [0.2, 0.25) is 0 Å². The second-order valence-electron chi connectivity index (χ2n) is 8.24. The molecule has 0 spiro atoms. The number of halogens is 1. The van der Waals surface area contributed by atoms with E-state index in [1.165, 1.54) is 24.3 Å². The number of carbonyl (C=O) groups is 1. The number of hydrogen-bond donors (Lipinski definition) is 3. The lowest BCUT2D eigenvalue weighted by Crippen LogP contribution is -2.29. The van der Waals surface area contributed by atoms with Gasteiger partial charge in [0.25, 0.3) is 10.0 Å². The molecule has 3 aromatic rings. The van der Waals surface area contributed by atoms with Crippen LogP contribution in [0.25, 0.3) is 0 Å². The quantitative estimate of drug-likeness (QED) is 0.454. The maximum Gasteiger partial charge on any atom is 0.335 e. The smallest absolute Gasteiger partial charge is 0.335 e. The third-order valence-electron chi connectivity index (χ3n) is 6.28. The Balaban J connectivity index is 1.47. The zero-order valence-electron chi connectivity index (χ0n) is 17.4. The van der Waals surface area contributed by atoms with Crippen molar-refractivity contribution in [2.75, 3.05) is 10.0 Å². The SMILES string of the molecule is O=C(O)c1ccc([C@H]2Nc3ccc(S(=O)(=O)Nc4ccccc4F)cc3[C@H]3C=CC[C@H]32)cc1. The van der Waals surface area contributed by atoms with E-state index >= 15 is 0 Å². The molecule has 0 fully saturated rings. The van der Waals surface area contributed by atoms with Crippen LogP contribution in [0.3, 0.4) is 0 Å². The Kier molecular flexibility index (Phi) is 5.17. The summed E-state index contributed by atoms with van der Waals surface area (Å²) in [6, 6.07) is 17.3. The minimum atomic E-state index is -3.97. The lowest BCUT2D eigenvalue weighted by atomic mass is 9.77. The molecule has 33 heavy (non-hydrogen) atoms. The molecule has 1 heterocycles. The highest BCUT2D eigenvalue weighted by molar-refractivity contribution is 7.92. The van der Waals surface area contributed by atoms with E-state index in [4.69, 9.17) is 5.11 Å². The van der Waals surface area contributed by atoms with Crippen LogP contribution in [0.5, 0.6) is 0 Å². The molecule has 0 amide bonds. The first-order valence-electron chi connectivity index (χ1n) is 10.5. The zero-order chi connectivity index (χ0) is 23.2. The van der Waals surface area contributed by atoms with Gasteiger partial charge in [0.1, 0.15) is 5.82 Å². The van der Waals surface area contributed by atoms with Gasteiger partial charge in [-0.05, 0) is 65.9 Å². The van der Waals surface area contributed by atoms with Gasteiger partial charge < -0.3 is 10.4 Å². The molecule has 1 aliphatic heterocycles. The van der Waals surface area contributed by atoms with Crippen LogP contribution in [0.1, 0.15) is 39.9 Å². The Morgan fingerprint density at radius 1 is 1.06 bits per heavy atom. The van der Waals surface area contributed by atoms with Gasteiger partial charge in [0.05, 0.1) is 22.2 Å². The van der Waals surface area contributed by atoms with Crippen molar-refractivity contribution >= 4 is 27.4 Å². The summed E-state index contributed by atoms with van der Waals surface area (Å²) in [6.07, 6.45) is 4.99. The van der Waals surface area contributed by atoms with Crippen molar-refractivity contribution in [3.8, 4) is 0 Å². The second kappa shape index (κ2) is 8.04. The first kappa shape index (κ1) is 21.2. The van der Waals surface area contributed by atoms with Gasteiger partial charge in [-0.3, -0.25) is 4.72 Å². The van der Waals surface area contributed by atoms with Crippen molar-refractivity contribution in [3.05, 3.63) is 101 Å². The molecular weight excluding hydrogens is 443 g/mol. The van der Waals surface area contributed by atoms with Gasteiger partial charge >= 0.3 is 5.97 Å². The highest BCUT2D eigenvalue weighted by atomic mass is 32.2. The molecule has 8 heteroatoms. The van der Waals surface area contributed by atoms with E-state index in [1.54, 1.807) is 30.3 Å². The number of anilines is 2. The Bertz CT molecular complexity index is 1370. The molecule has 0 bridgehead atoms. The molecule has 1 aliphatic carbocycles. The van der Waals surface area contributed by atoms with Crippen LogP contribution in [-0.2, 0) is 10.0 Å². The lowest BCUT2D eigenvalue weighted by Gasteiger charge is -2.37. The molecule has 0 saturated heterocycles. The van der Waals surface area contributed by atoms with Gasteiger partial charge in [-0.25, -0.2) is 17.6 Å². The van der Waals surface area contributed by atoms with Crippen molar-refractivity contribution in [1.82, 2.24) is 0 Å². The molecule has 6 nitrogen and oxygen atoms in total. The molecule has 0 radical (unpaired) electrons. The number of rotatable bonds is 5. The van der Waals surface area contributed by atoms with Crippen LogP contribution in [0.15, 0.2) is 83.8 Å². The van der Waals surface area contributed by atoms with Gasteiger partial charge in [0.15, 0.2) is 0 Å². The van der Waals surface area contributed by atoms with Gasteiger partial charge in [0.2, 0.25) is 0 Å². The second-order valence-corrected chi connectivity index (χ2v) is 9.92. The van der Waals surface area contributed by atoms with Gasteiger partial charge in [-0.1, -0.05) is 36.4 Å². The minimum absolute atomic E-state index is 0.00834. The van der Waals surface area contributed by atoms with E-state index in [0.717, 1.165) is 23.2 Å². The molecule has 168 valence electrons. The highest BCUT2D eigenvalue weighted by Crippen LogP contribution is 2.50. The highest BCUT2D eigenvalue weighted by Gasteiger charge is 2.38. The van der Waals surface area contributed by atoms with E-state index < -0.39 is 21.8 Å².